The number of nitrogens with one attached hydrogen (secondary N) is 1. The zero-order valence-electron chi connectivity index (χ0n) is 13.3. The van der Waals surface area contributed by atoms with Crippen LogP contribution in [0.4, 0.5) is 22.4 Å². The van der Waals surface area contributed by atoms with Crippen LogP contribution in [-0.4, -0.2) is 47.6 Å². The molecule has 1 fully saturated rings. The van der Waals surface area contributed by atoms with Crippen LogP contribution >= 0.6 is 0 Å². The van der Waals surface area contributed by atoms with Crippen LogP contribution in [0.15, 0.2) is 24.3 Å². The third kappa shape index (κ3) is 3.13. The molecule has 1 saturated heterocycles. The van der Waals surface area contributed by atoms with E-state index < -0.39 is 41.7 Å². The molecule has 138 valence electrons. The number of rotatable bonds is 3. The molecule has 10 heteroatoms. The fourth-order valence-electron chi connectivity index (χ4n) is 2.78. The van der Waals surface area contributed by atoms with Gasteiger partial charge in [0.1, 0.15) is 11.7 Å². The Labute approximate surface area is 140 Å². The second-order valence-corrected chi connectivity index (χ2v) is 5.49. The smallest absolute Gasteiger partial charge is 0.437 e. The van der Waals surface area contributed by atoms with Crippen molar-refractivity contribution in [1.29, 1.82) is 0 Å². The first-order valence-corrected chi connectivity index (χ1v) is 7.29. The molecule has 0 radical (unpaired) electrons. The number of alkyl halides is 3. The normalized spacial score (nSPS) is 27.0. The summed E-state index contributed by atoms with van der Waals surface area (Å²) >= 11 is 0. The first-order chi connectivity index (χ1) is 11.5. The summed E-state index contributed by atoms with van der Waals surface area (Å²) in [6.45, 7) is 1.14. The van der Waals surface area contributed by atoms with Crippen molar-refractivity contribution < 1.29 is 37.0 Å². The van der Waals surface area contributed by atoms with Gasteiger partial charge in [0, 0.05) is 7.05 Å². The summed E-state index contributed by atoms with van der Waals surface area (Å²) in [6, 6.07) is 1.47. The van der Waals surface area contributed by atoms with Gasteiger partial charge in [-0.15, -0.1) is 0 Å². The van der Waals surface area contributed by atoms with Crippen molar-refractivity contribution in [3.8, 4) is 0 Å². The Morgan fingerprint density at radius 2 is 2.08 bits per heavy atom. The predicted molar refractivity (Wildman–Crippen MR) is 76.6 cm³/mol. The van der Waals surface area contributed by atoms with Crippen molar-refractivity contribution in [2.24, 2.45) is 5.92 Å². The molecule has 6 nitrogen and oxygen atoms in total. The van der Waals surface area contributed by atoms with Gasteiger partial charge < -0.3 is 15.2 Å². The molecule has 1 aliphatic rings. The van der Waals surface area contributed by atoms with Gasteiger partial charge in [0.15, 0.2) is 0 Å². The fraction of sp³-hybridized carbons (Fsp3) is 0.467. The molecule has 25 heavy (non-hydrogen) atoms. The molecule has 0 bridgehead atoms. The van der Waals surface area contributed by atoms with E-state index in [0.717, 1.165) is 12.1 Å². The van der Waals surface area contributed by atoms with Gasteiger partial charge in [-0.1, -0.05) is 12.1 Å². The highest BCUT2D eigenvalue weighted by Crippen LogP contribution is 2.46. The quantitative estimate of drug-likeness (QED) is 0.635. The number of amides is 2. The van der Waals surface area contributed by atoms with Crippen LogP contribution < -0.4 is 5.32 Å². The highest BCUT2D eigenvalue weighted by atomic mass is 19.4. The van der Waals surface area contributed by atoms with Gasteiger partial charge in [-0.05, 0) is 24.6 Å². The van der Waals surface area contributed by atoms with Gasteiger partial charge in [-0.2, -0.15) is 13.2 Å². The van der Waals surface area contributed by atoms with E-state index in [1.54, 1.807) is 0 Å². The average Bonchev–Trinajstić information content (AvgIpc) is 2.51. The summed E-state index contributed by atoms with van der Waals surface area (Å²) in [6.07, 6.45) is -5.36. The van der Waals surface area contributed by atoms with E-state index >= 15 is 0 Å². The minimum Gasteiger partial charge on any atom is -0.466 e. The lowest BCUT2D eigenvalue weighted by Crippen LogP contribution is -2.73. The monoisotopic (exact) mass is 364 g/mol. The molecule has 2 rings (SSSR count). The van der Waals surface area contributed by atoms with E-state index in [1.807, 2.05) is 0 Å². The summed E-state index contributed by atoms with van der Waals surface area (Å²) in [5, 5.41) is 12.5. The van der Waals surface area contributed by atoms with Crippen LogP contribution in [0.1, 0.15) is 18.5 Å². The summed E-state index contributed by atoms with van der Waals surface area (Å²) in [5.74, 6) is -4.40. The van der Waals surface area contributed by atoms with Crippen LogP contribution in [0, 0.1) is 11.7 Å². The lowest BCUT2D eigenvalue weighted by atomic mass is 9.81. The lowest BCUT2D eigenvalue weighted by molar-refractivity contribution is -0.328. The number of hydrogen-bond acceptors (Lipinski definition) is 4. The molecule has 0 unspecified atom stereocenters. The Hall–Kier alpha value is -2.36. The number of nitrogens with zero attached hydrogens (tertiary/aromatic N) is 1. The minimum absolute atomic E-state index is 0.00954. The van der Waals surface area contributed by atoms with Crippen LogP contribution in [0.5, 0.6) is 0 Å². The van der Waals surface area contributed by atoms with E-state index in [1.165, 1.54) is 19.1 Å². The van der Waals surface area contributed by atoms with Gasteiger partial charge >= 0.3 is 18.2 Å². The van der Waals surface area contributed by atoms with Crippen molar-refractivity contribution in [1.82, 2.24) is 10.2 Å². The van der Waals surface area contributed by atoms with Crippen molar-refractivity contribution in [3.63, 3.8) is 0 Å². The van der Waals surface area contributed by atoms with Gasteiger partial charge in [0.2, 0.25) is 0 Å². The zero-order valence-corrected chi connectivity index (χ0v) is 13.3. The van der Waals surface area contributed by atoms with Crippen molar-refractivity contribution >= 4 is 12.0 Å². The number of carbonyl (C=O) groups excluding carboxylic acids is 2. The van der Waals surface area contributed by atoms with Crippen LogP contribution in [0.25, 0.3) is 0 Å². The van der Waals surface area contributed by atoms with E-state index in [-0.39, 0.29) is 17.1 Å². The summed E-state index contributed by atoms with van der Waals surface area (Å²) in [7, 11) is 0.705. The zero-order chi connectivity index (χ0) is 19.0. The highest BCUT2D eigenvalue weighted by molar-refractivity contribution is 5.83. The number of esters is 1. The molecular formula is C15H16F4N2O4. The SMILES string of the molecule is CCOC(=O)[C@H]1[C@@H](c2cccc(F)c2)NC(=O)N(C)[C@@]1(O)C(F)(F)F. The molecule has 0 aliphatic carbocycles. The maximum absolute atomic E-state index is 13.6. The molecule has 1 heterocycles. The predicted octanol–water partition coefficient (Wildman–Crippen LogP) is 1.95. The van der Waals surface area contributed by atoms with Crippen LogP contribution in [0.3, 0.4) is 0 Å². The Bertz CT molecular complexity index is 682. The first-order valence-electron chi connectivity index (χ1n) is 7.29. The number of benzene rings is 1. The molecule has 0 aromatic heterocycles. The molecule has 0 saturated carbocycles. The Kier molecular flexibility index (Phi) is 4.94. The second-order valence-electron chi connectivity index (χ2n) is 5.49. The standard InChI is InChI=1S/C15H16F4N2O4/c1-3-25-12(22)10-11(8-5-4-6-9(16)7-8)20-13(23)21(2)14(10,24)15(17,18)19/h4-7,10-11,24H,3H2,1-2H3,(H,20,23)/t10-,11-,14+/m1/s1. The van der Waals surface area contributed by atoms with Crippen molar-refractivity contribution in [2.45, 2.75) is 24.9 Å². The van der Waals surface area contributed by atoms with E-state index in [4.69, 9.17) is 0 Å². The molecule has 2 amide bonds. The Balaban J connectivity index is 2.64. The van der Waals surface area contributed by atoms with Gasteiger partial charge in [0.25, 0.3) is 5.72 Å². The molecule has 2 N–H and O–H groups in total. The Morgan fingerprint density at radius 1 is 1.44 bits per heavy atom. The van der Waals surface area contributed by atoms with Crippen molar-refractivity contribution in [3.05, 3.63) is 35.6 Å². The minimum atomic E-state index is -5.36. The third-order valence-electron chi connectivity index (χ3n) is 4.03. The topological polar surface area (TPSA) is 78.9 Å². The highest BCUT2D eigenvalue weighted by Gasteiger charge is 2.69. The van der Waals surface area contributed by atoms with Gasteiger partial charge in [-0.3, -0.25) is 9.69 Å². The van der Waals surface area contributed by atoms with E-state index in [0.29, 0.717) is 7.05 Å². The number of hydrogen-bond donors (Lipinski definition) is 2. The molecule has 1 aromatic rings. The van der Waals surface area contributed by atoms with Crippen molar-refractivity contribution in [2.75, 3.05) is 13.7 Å². The fourth-order valence-corrected chi connectivity index (χ4v) is 2.78. The first kappa shape index (κ1) is 19.0. The molecular weight excluding hydrogens is 348 g/mol. The summed E-state index contributed by atoms with van der Waals surface area (Å²) in [5.41, 5.74) is -3.93. The maximum atomic E-state index is 13.6. The molecule has 0 spiro atoms. The lowest BCUT2D eigenvalue weighted by Gasteiger charge is -2.49. The third-order valence-corrected chi connectivity index (χ3v) is 4.03. The number of ether oxygens (including phenoxy) is 1. The molecule has 1 aliphatic heterocycles. The largest absolute Gasteiger partial charge is 0.466 e. The number of carbonyl (C=O) groups is 2. The van der Waals surface area contributed by atoms with Crippen LogP contribution in [-0.2, 0) is 9.53 Å². The molecule has 1 aromatic carbocycles. The van der Waals surface area contributed by atoms with Gasteiger partial charge in [-0.25, -0.2) is 9.18 Å². The van der Waals surface area contributed by atoms with Crippen LogP contribution in [0.2, 0.25) is 0 Å². The van der Waals surface area contributed by atoms with E-state index in [9.17, 15) is 32.3 Å². The number of aliphatic hydroxyl groups is 1. The maximum Gasteiger partial charge on any atom is 0.437 e. The van der Waals surface area contributed by atoms with E-state index in [2.05, 4.69) is 10.1 Å². The average molecular weight is 364 g/mol. The van der Waals surface area contributed by atoms with Gasteiger partial charge in [0.05, 0.1) is 12.6 Å². The molecule has 3 atom stereocenters. The second kappa shape index (κ2) is 6.51. The number of urea groups is 1. The summed E-state index contributed by atoms with van der Waals surface area (Å²) < 4.78 is 59.0. The Morgan fingerprint density at radius 3 is 2.60 bits per heavy atom. The number of halogens is 4. The summed E-state index contributed by atoms with van der Waals surface area (Å²) in [4.78, 5) is 24.2.